The standard InChI is InChI=1S/C23H14I2N2O/c24-21-11-18(10-20(14-27)19-8-6-16(13-26)7-9-19)12-22(25)23(21)28-15-17-4-2-1-3-5-17/h1-12H,15H2/b20-10-. The van der Waals surface area contributed by atoms with E-state index in [2.05, 4.69) is 57.3 Å². The van der Waals surface area contributed by atoms with Gasteiger partial charge in [-0.3, -0.25) is 0 Å². The molecule has 0 saturated carbocycles. The van der Waals surface area contributed by atoms with Crippen molar-refractivity contribution < 1.29 is 4.74 Å². The average Bonchev–Trinajstić information content (AvgIpc) is 2.72. The highest BCUT2D eigenvalue weighted by atomic mass is 127. The highest BCUT2D eigenvalue weighted by Crippen LogP contribution is 2.31. The van der Waals surface area contributed by atoms with Crippen molar-refractivity contribution in [2.45, 2.75) is 6.61 Å². The van der Waals surface area contributed by atoms with Crippen molar-refractivity contribution in [3.63, 3.8) is 0 Å². The van der Waals surface area contributed by atoms with Crippen LogP contribution in [0.25, 0.3) is 11.6 Å². The number of rotatable bonds is 5. The lowest BCUT2D eigenvalue weighted by Crippen LogP contribution is -1.99. The number of nitrogens with zero attached hydrogens (tertiary/aromatic N) is 2. The molecule has 0 aliphatic heterocycles. The number of nitriles is 2. The molecule has 136 valence electrons. The van der Waals surface area contributed by atoms with E-state index in [1.165, 1.54) is 0 Å². The molecule has 3 aromatic carbocycles. The van der Waals surface area contributed by atoms with E-state index in [0.717, 1.165) is 29.6 Å². The van der Waals surface area contributed by atoms with Gasteiger partial charge in [-0.25, -0.2) is 0 Å². The van der Waals surface area contributed by atoms with E-state index in [-0.39, 0.29) is 0 Å². The van der Waals surface area contributed by atoms with Gasteiger partial charge in [-0.05, 0) is 92.2 Å². The topological polar surface area (TPSA) is 56.8 Å². The Morgan fingerprint density at radius 2 is 1.57 bits per heavy atom. The van der Waals surface area contributed by atoms with Crippen LogP contribution < -0.4 is 4.74 Å². The number of hydrogen-bond acceptors (Lipinski definition) is 3. The molecular formula is C23H14I2N2O. The van der Waals surface area contributed by atoms with Gasteiger partial charge in [-0.1, -0.05) is 42.5 Å². The zero-order valence-corrected chi connectivity index (χ0v) is 19.0. The molecule has 0 aliphatic carbocycles. The molecule has 28 heavy (non-hydrogen) atoms. The zero-order valence-electron chi connectivity index (χ0n) is 14.7. The van der Waals surface area contributed by atoms with E-state index in [1.807, 2.05) is 48.5 Å². The van der Waals surface area contributed by atoms with Crippen LogP contribution in [0.1, 0.15) is 22.3 Å². The smallest absolute Gasteiger partial charge is 0.146 e. The molecule has 3 nitrogen and oxygen atoms in total. The van der Waals surface area contributed by atoms with E-state index in [9.17, 15) is 5.26 Å². The first-order valence-corrected chi connectivity index (χ1v) is 10.5. The number of hydrogen-bond donors (Lipinski definition) is 0. The van der Waals surface area contributed by atoms with Gasteiger partial charge in [-0.15, -0.1) is 0 Å². The molecular weight excluding hydrogens is 574 g/mol. The zero-order chi connectivity index (χ0) is 19.9. The van der Waals surface area contributed by atoms with Crippen molar-refractivity contribution >= 4 is 56.8 Å². The fourth-order valence-corrected chi connectivity index (χ4v) is 4.73. The molecule has 0 spiro atoms. The van der Waals surface area contributed by atoms with Crippen LogP contribution in [0.2, 0.25) is 0 Å². The van der Waals surface area contributed by atoms with E-state index >= 15 is 0 Å². The molecule has 0 saturated heterocycles. The second-order valence-electron chi connectivity index (χ2n) is 5.95. The number of allylic oxidation sites excluding steroid dienone is 1. The number of ether oxygens (including phenoxy) is 1. The molecule has 0 heterocycles. The molecule has 0 bridgehead atoms. The van der Waals surface area contributed by atoms with Gasteiger partial charge in [0.15, 0.2) is 0 Å². The van der Waals surface area contributed by atoms with Gasteiger partial charge in [0.05, 0.1) is 30.4 Å². The van der Waals surface area contributed by atoms with Crippen LogP contribution in [0.3, 0.4) is 0 Å². The lowest BCUT2D eigenvalue weighted by molar-refractivity contribution is 0.302. The van der Waals surface area contributed by atoms with Crippen LogP contribution in [0.15, 0.2) is 66.7 Å². The minimum atomic E-state index is 0.511. The van der Waals surface area contributed by atoms with E-state index in [0.29, 0.717) is 17.7 Å². The monoisotopic (exact) mass is 588 g/mol. The largest absolute Gasteiger partial charge is 0.487 e. The Morgan fingerprint density at radius 1 is 0.929 bits per heavy atom. The first-order valence-electron chi connectivity index (χ1n) is 8.39. The Labute approximate surface area is 191 Å². The van der Waals surface area contributed by atoms with Gasteiger partial charge in [0.2, 0.25) is 0 Å². The molecule has 5 heteroatoms. The van der Waals surface area contributed by atoms with Gasteiger partial charge >= 0.3 is 0 Å². The predicted molar refractivity (Wildman–Crippen MR) is 127 cm³/mol. The second kappa shape index (κ2) is 9.72. The average molecular weight is 588 g/mol. The summed E-state index contributed by atoms with van der Waals surface area (Å²) in [5.41, 5.74) is 3.96. The van der Waals surface area contributed by atoms with Gasteiger partial charge < -0.3 is 4.74 Å². The normalized spacial score (nSPS) is 10.8. The minimum absolute atomic E-state index is 0.511. The third kappa shape index (κ3) is 5.12. The summed E-state index contributed by atoms with van der Waals surface area (Å²) in [5, 5.41) is 18.5. The van der Waals surface area contributed by atoms with Gasteiger partial charge in [0.1, 0.15) is 12.4 Å². The maximum absolute atomic E-state index is 9.56. The Hall–Kier alpha value is -2.36. The van der Waals surface area contributed by atoms with E-state index in [1.54, 1.807) is 24.3 Å². The predicted octanol–water partition coefficient (Wildman–Crippen LogP) is 6.41. The highest BCUT2D eigenvalue weighted by molar-refractivity contribution is 14.1. The van der Waals surface area contributed by atoms with Crippen LogP contribution in [-0.4, -0.2) is 0 Å². The summed E-state index contributed by atoms with van der Waals surface area (Å²) in [5.74, 6) is 0.846. The molecule has 0 N–H and O–H groups in total. The third-order valence-electron chi connectivity index (χ3n) is 4.00. The molecule has 0 fully saturated rings. The second-order valence-corrected chi connectivity index (χ2v) is 8.27. The summed E-state index contributed by atoms with van der Waals surface area (Å²) in [6.07, 6.45) is 1.85. The molecule has 0 radical (unpaired) electrons. The van der Waals surface area contributed by atoms with E-state index in [4.69, 9.17) is 10.00 Å². The molecule has 0 amide bonds. The Balaban J connectivity index is 1.85. The van der Waals surface area contributed by atoms with Crippen LogP contribution in [0.4, 0.5) is 0 Å². The van der Waals surface area contributed by atoms with Crippen LogP contribution >= 0.6 is 45.2 Å². The number of halogens is 2. The summed E-state index contributed by atoms with van der Waals surface area (Å²) < 4.78 is 8.00. The van der Waals surface area contributed by atoms with Gasteiger partial charge in [0.25, 0.3) is 0 Å². The first kappa shape index (κ1) is 20.4. The Bertz CT molecular complexity index is 1070. The molecule has 0 unspecified atom stereocenters. The van der Waals surface area contributed by atoms with Crippen molar-refractivity contribution in [1.82, 2.24) is 0 Å². The highest BCUT2D eigenvalue weighted by Gasteiger charge is 2.10. The Morgan fingerprint density at radius 3 is 2.14 bits per heavy atom. The fourth-order valence-electron chi connectivity index (χ4n) is 2.60. The lowest BCUT2D eigenvalue weighted by Gasteiger charge is -2.12. The summed E-state index contributed by atoms with van der Waals surface area (Å²) in [6.45, 7) is 0.511. The van der Waals surface area contributed by atoms with Crippen molar-refractivity contribution in [3.8, 4) is 17.9 Å². The maximum Gasteiger partial charge on any atom is 0.146 e. The minimum Gasteiger partial charge on any atom is -0.487 e. The summed E-state index contributed by atoms with van der Waals surface area (Å²) in [4.78, 5) is 0. The molecule has 0 atom stereocenters. The Kier molecular flexibility index (Phi) is 7.07. The third-order valence-corrected chi connectivity index (χ3v) is 5.61. The molecule has 3 aromatic rings. The van der Waals surface area contributed by atoms with Crippen molar-refractivity contribution in [2.24, 2.45) is 0 Å². The van der Waals surface area contributed by atoms with Crippen molar-refractivity contribution in [1.29, 1.82) is 10.5 Å². The van der Waals surface area contributed by atoms with Crippen LogP contribution in [0, 0.1) is 29.8 Å². The maximum atomic E-state index is 9.56. The summed E-state index contributed by atoms with van der Waals surface area (Å²) in [7, 11) is 0. The summed E-state index contributed by atoms with van der Waals surface area (Å²) >= 11 is 4.52. The van der Waals surface area contributed by atoms with Gasteiger partial charge in [-0.2, -0.15) is 10.5 Å². The number of benzene rings is 3. The van der Waals surface area contributed by atoms with Crippen molar-refractivity contribution in [3.05, 3.63) is 96.1 Å². The molecule has 0 aliphatic rings. The van der Waals surface area contributed by atoms with Crippen molar-refractivity contribution in [2.75, 3.05) is 0 Å². The molecule has 3 rings (SSSR count). The quantitative estimate of drug-likeness (QED) is 0.197. The SMILES string of the molecule is N#C/C(=C/c1cc(I)c(OCc2ccccc2)c(I)c1)c1ccc(C#N)cc1. The van der Waals surface area contributed by atoms with Crippen LogP contribution in [-0.2, 0) is 6.61 Å². The lowest BCUT2D eigenvalue weighted by atomic mass is 10.0. The van der Waals surface area contributed by atoms with Gasteiger partial charge in [0, 0.05) is 0 Å². The molecule has 0 aromatic heterocycles. The van der Waals surface area contributed by atoms with E-state index < -0.39 is 0 Å². The fraction of sp³-hybridized carbons (Fsp3) is 0.0435. The first-order chi connectivity index (χ1) is 13.6. The summed E-state index contributed by atoms with van der Waals surface area (Å²) in [6, 6.07) is 25.4. The van der Waals surface area contributed by atoms with Crippen LogP contribution in [0.5, 0.6) is 5.75 Å².